The van der Waals surface area contributed by atoms with Gasteiger partial charge < -0.3 is 34.6 Å². The number of nitrogens with zero attached hydrogens (tertiary/aromatic N) is 4. The summed E-state index contributed by atoms with van der Waals surface area (Å²) in [4.78, 5) is 5.42. The molecule has 0 radical (unpaired) electrons. The molecule has 4 nitrogen and oxygen atoms in total. The molecule has 0 spiro atoms. The van der Waals surface area contributed by atoms with E-state index in [1.54, 1.807) is 11.1 Å². The van der Waals surface area contributed by atoms with Crippen LogP contribution in [0.5, 0.6) is 0 Å². The minimum atomic E-state index is 0. The summed E-state index contributed by atoms with van der Waals surface area (Å²) in [5, 5.41) is 5.68. The highest BCUT2D eigenvalue weighted by molar-refractivity contribution is 6.08. The van der Waals surface area contributed by atoms with Crippen LogP contribution in [0.1, 0.15) is 249 Å². The van der Waals surface area contributed by atoms with Crippen molar-refractivity contribution in [2.45, 2.75) is 253 Å². The molecule has 0 bridgehead atoms. The van der Waals surface area contributed by atoms with Gasteiger partial charge in [-0.3, -0.25) is 0 Å². The molecule has 0 amide bonds. The van der Waals surface area contributed by atoms with Gasteiger partial charge in [-0.1, -0.05) is 189 Å². The first kappa shape index (κ1) is 76.4. The molecule has 6 aromatic rings. The Labute approximate surface area is 636 Å². The van der Waals surface area contributed by atoms with Gasteiger partial charge in [-0.05, 0) is 285 Å². The topological polar surface area (TPSA) is 12.5 Å². The lowest BCUT2D eigenvalue weighted by Crippen LogP contribution is -3.00. The number of hydrogen-bond acceptors (Lipinski definition) is 2. The minimum Gasteiger partial charge on any atom is -1.00 e. The number of allylic oxidation sites excluding steroid dienone is 10. The molecule has 6 heteroatoms. The van der Waals surface area contributed by atoms with Gasteiger partial charge in [0.1, 0.15) is 13.1 Å². The van der Waals surface area contributed by atoms with Crippen LogP contribution in [0.4, 0.5) is 11.4 Å². The van der Waals surface area contributed by atoms with E-state index in [0.29, 0.717) is 24.2 Å². The average molecular weight is 1420 g/mol. The molecule has 6 saturated carbocycles. The molecule has 0 aliphatic heterocycles. The minimum absolute atomic E-state index is 0. The van der Waals surface area contributed by atoms with Gasteiger partial charge in [-0.2, -0.15) is 0 Å². The van der Waals surface area contributed by atoms with E-state index >= 15 is 0 Å². The van der Waals surface area contributed by atoms with E-state index in [1.807, 2.05) is 0 Å². The largest absolute Gasteiger partial charge is 1.00 e. The maximum Gasteiger partial charge on any atom is 0.200 e. The Morgan fingerprint density at radius 3 is 1.01 bits per heavy atom. The fourth-order valence-corrected chi connectivity index (χ4v) is 21.7. The number of halogens is 2. The number of hydrogen-bond donors (Lipinski definition) is 0. The molecule has 8 unspecified atom stereocenters. The molecular weight excluding hydrogens is 1290 g/mol. The van der Waals surface area contributed by atoms with Crippen molar-refractivity contribution >= 4 is 55.5 Å². The maximum atomic E-state index is 2.71. The third kappa shape index (κ3) is 17.1. The van der Waals surface area contributed by atoms with Crippen LogP contribution in [0, 0.1) is 47.3 Å². The molecule has 0 saturated heterocycles. The van der Waals surface area contributed by atoms with Gasteiger partial charge in [0.2, 0.25) is 0 Å². The van der Waals surface area contributed by atoms with Crippen LogP contribution >= 0.6 is 0 Å². The van der Waals surface area contributed by atoms with Gasteiger partial charge in [0.05, 0.1) is 0 Å². The van der Waals surface area contributed by atoms with Gasteiger partial charge in [-0.15, -0.1) is 0 Å². The first-order valence-electron chi connectivity index (χ1n) is 41.8. The zero-order chi connectivity index (χ0) is 69.3. The van der Waals surface area contributed by atoms with E-state index < -0.39 is 0 Å². The molecule has 0 heterocycles. The van der Waals surface area contributed by atoms with Crippen molar-refractivity contribution in [1.29, 1.82) is 0 Å². The van der Waals surface area contributed by atoms with Crippen LogP contribution in [0.3, 0.4) is 0 Å². The van der Waals surface area contributed by atoms with Gasteiger partial charge in [0.25, 0.3) is 0 Å². The van der Waals surface area contributed by atoms with Crippen molar-refractivity contribution in [3.8, 4) is 0 Å². The molecule has 0 N–H and O–H groups in total. The highest BCUT2D eigenvalue weighted by Gasteiger charge is 2.36. The molecule has 8 aliphatic rings. The lowest BCUT2D eigenvalue weighted by molar-refractivity contribution is -0.573. The lowest BCUT2D eigenvalue weighted by atomic mass is 9.71. The van der Waals surface area contributed by atoms with Crippen LogP contribution in [-0.4, -0.2) is 70.9 Å². The summed E-state index contributed by atoms with van der Waals surface area (Å²) < 4.78 is 5.42. The molecule has 6 fully saturated rings. The summed E-state index contributed by atoms with van der Waals surface area (Å²) in [6.45, 7) is 23.6. The first-order valence-corrected chi connectivity index (χ1v) is 41.8. The zero-order valence-corrected chi connectivity index (χ0v) is 66.1. The molecule has 0 aromatic heterocycles. The summed E-state index contributed by atoms with van der Waals surface area (Å²) in [7, 11) is 0. The lowest BCUT2D eigenvalue weighted by Gasteiger charge is -2.39. The standard InChI is InChI=1S/C97H126N4.2ClH/c1-9-98(92-33-21-13-25-68(92)5)82-55-45-76(46-56-82)96(77-47-57-83(58-48-77)99(10-2)93-34-22-14-26-69(93)6)90-63-53-80(86-29-17-19-31-88(86)90)66-74-41-37-72(38-42-74)65-73-39-43-75(44-40-73)67-81-54-64-91(89-32-20-18-30-87(81)89)97(78-49-59-84(60-50-78)100(11-3)94-35-23-15-27-70(94)7)79-51-61-85(62-52-79)101(12-4)95-36-24-16-28-71(95)8;;/h17-20,29-32,45-64,68-75,92-95H,9-16,21-28,33-44,65-67H2,1-8H3;2*1H/q+2;;/p-2. The summed E-state index contributed by atoms with van der Waals surface area (Å²) in [6.07, 6.45) is 55.9. The molecule has 6 aromatic carbocycles. The Hall–Kier alpha value is -6.20. The summed E-state index contributed by atoms with van der Waals surface area (Å²) >= 11 is 0. The third-order valence-corrected chi connectivity index (χ3v) is 27.4. The van der Waals surface area contributed by atoms with Crippen molar-refractivity contribution in [2.24, 2.45) is 47.3 Å². The smallest absolute Gasteiger partial charge is 0.200 e. The van der Waals surface area contributed by atoms with Gasteiger partial charge in [0.15, 0.2) is 23.5 Å². The van der Waals surface area contributed by atoms with E-state index in [9.17, 15) is 0 Å². The summed E-state index contributed by atoms with van der Waals surface area (Å²) in [5.41, 5.74) is 19.3. The van der Waals surface area contributed by atoms with Gasteiger partial charge in [-0.25, -0.2) is 9.15 Å². The predicted molar refractivity (Wildman–Crippen MR) is 436 cm³/mol. The summed E-state index contributed by atoms with van der Waals surface area (Å²) in [5.74, 6) is 6.16. The van der Waals surface area contributed by atoms with Crippen LogP contribution < -0.4 is 34.6 Å². The van der Waals surface area contributed by atoms with Crippen LogP contribution in [-0.2, 0) is 12.8 Å². The fraction of sp³-hybridized carbons (Fsp3) is 0.526. The average Bonchev–Trinajstić information content (AvgIpc) is 0.769. The Bertz CT molecular complexity index is 3780. The van der Waals surface area contributed by atoms with E-state index in [1.165, 1.54) is 262 Å². The van der Waals surface area contributed by atoms with E-state index in [-0.39, 0.29) is 24.8 Å². The molecule has 8 atom stereocenters. The number of rotatable bonds is 20. The highest BCUT2D eigenvalue weighted by atomic mass is 35.5. The first-order chi connectivity index (χ1) is 49.6. The second-order valence-electron chi connectivity index (χ2n) is 33.5. The Morgan fingerprint density at radius 2 is 0.670 bits per heavy atom. The normalized spacial score (nSPS) is 26.6. The second kappa shape index (κ2) is 35.9. The molecule has 14 rings (SSSR count). The number of anilines is 2. The van der Waals surface area contributed by atoms with Gasteiger partial charge in [0, 0.05) is 85.5 Å². The van der Waals surface area contributed by atoms with Crippen LogP contribution in [0.2, 0.25) is 0 Å². The zero-order valence-electron chi connectivity index (χ0n) is 64.6. The Kier molecular flexibility index (Phi) is 26.7. The van der Waals surface area contributed by atoms with Crippen molar-refractivity contribution in [3.63, 3.8) is 0 Å². The second-order valence-corrected chi connectivity index (χ2v) is 33.5. The van der Waals surface area contributed by atoms with Crippen molar-refractivity contribution in [2.75, 3.05) is 36.0 Å². The fourth-order valence-electron chi connectivity index (χ4n) is 21.7. The van der Waals surface area contributed by atoms with Crippen molar-refractivity contribution < 1.29 is 34.0 Å². The third-order valence-electron chi connectivity index (χ3n) is 27.4. The molecule has 103 heavy (non-hydrogen) atoms. The number of benzene rings is 6. The Morgan fingerprint density at radius 1 is 0.340 bits per heavy atom. The summed E-state index contributed by atoms with van der Waals surface area (Å²) in [6, 6.07) is 51.1. The SMILES string of the molecule is CCN(c1ccc(C(=C2C=CC(=[N+](CC)C3CCCCC3C)C=C2)c2ccc(CC3CCC(CC4CCC(Cc5ccc(C(=C6C=CC(=[N+](CC)C7CCCCC7C)C=C6)c6ccc(N(CC)C7CCCCC7C)cc6)c6ccccc56)CC4)CC3)c3ccccc23)cc1)C1CCCCC1C.[Cl-].[Cl-]. The monoisotopic (exact) mass is 1420 g/mol. The highest BCUT2D eigenvalue weighted by Crippen LogP contribution is 2.45. The van der Waals surface area contributed by atoms with E-state index in [0.717, 1.165) is 73.5 Å². The van der Waals surface area contributed by atoms with Crippen LogP contribution in [0.15, 0.2) is 181 Å². The predicted octanol–water partition coefficient (Wildman–Crippen LogP) is 18.6. The van der Waals surface area contributed by atoms with E-state index in [2.05, 4.69) is 244 Å². The van der Waals surface area contributed by atoms with Gasteiger partial charge >= 0.3 is 0 Å². The van der Waals surface area contributed by atoms with E-state index in [4.69, 9.17) is 0 Å². The number of fused-ring (bicyclic) bond motifs is 2. The quantitative estimate of drug-likeness (QED) is 0.0707. The molecule has 8 aliphatic carbocycles. The van der Waals surface area contributed by atoms with Crippen molar-refractivity contribution in [1.82, 2.24) is 0 Å². The van der Waals surface area contributed by atoms with Crippen molar-refractivity contribution in [3.05, 3.63) is 214 Å². The molecule has 548 valence electrons. The molecular formula is C97H126Cl2N4. The maximum absolute atomic E-state index is 2.71. The van der Waals surface area contributed by atoms with Crippen LogP contribution in [0.25, 0.3) is 32.7 Å². The Balaban J connectivity index is 0.00000500.